The summed E-state index contributed by atoms with van der Waals surface area (Å²) in [6.45, 7) is 7.75. The van der Waals surface area contributed by atoms with Crippen LogP contribution in [0.3, 0.4) is 0 Å². The van der Waals surface area contributed by atoms with Crippen molar-refractivity contribution in [1.29, 1.82) is 0 Å². The highest BCUT2D eigenvalue weighted by Crippen LogP contribution is 2.51. The number of carbonyl (C=O) groups excluding carboxylic acids is 1. The van der Waals surface area contributed by atoms with Crippen LogP contribution in [-0.2, 0) is 16.0 Å². The first-order valence-corrected chi connectivity index (χ1v) is 18.8. The molecular weight excluding hydrogens is 718 g/mol. The van der Waals surface area contributed by atoms with Crippen molar-refractivity contribution < 1.29 is 46.5 Å². The van der Waals surface area contributed by atoms with E-state index in [2.05, 4.69) is 11.5 Å². The molecule has 0 aromatic heterocycles. The number of hydrogen-bond acceptors (Lipinski definition) is 7. The lowest BCUT2D eigenvalue weighted by Gasteiger charge is -2.47. The Morgan fingerprint density at radius 2 is 1.53 bits per heavy atom. The number of hydrogen-bond donors (Lipinski definition) is 1. The maximum Gasteiger partial charge on any atom is 0.326 e. The van der Waals surface area contributed by atoms with Crippen molar-refractivity contribution in [2.24, 2.45) is 5.41 Å². The van der Waals surface area contributed by atoms with Crippen LogP contribution in [0.15, 0.2) is 60.7 Å². The number of carboxylic acid groups (broad SMARTS) is 1. The van der Waals surface area contributed by atoms with Crippen molar-refractivity contribution in [3.8, 4) is 28.4 Å². The summed E-state index contributed by atoms with van der Waals surface area (Å²) in [5.41, 5.74) is -0.936. The topological polar surface area (TPSA) is 91.8 Å². The fraction of sp³-hybridized carbons (Fsp3) is 0.524. The summed E-state index contributed by atoms with van der Waals surface area (Å²) in [5, 5.41) is 11.9. The average molecular weight is 772 g/mol. The first-order chi connectivity index (χ1) is 26.0. The lowest BCUT2D eigenvalue weighted by atomic mass is 9.69. The molecule has 2 heterocycles. The number of ether oxygens (including phenoxy) is 3. The van der Waals surface area contributed by atoms with Gasteiger partial charge in [-0.05, 0) is 86.3 Å². The average Bonchev–Trinajstić information content (AvgIpc) is 3.15. The monoisotopic (exact) mass is 771 g/mol. The molecule has 1 atom stereocenters. The van der Waals surface area contributed by atoms with Crippen LogP contribution in [-0.4, -0.2) is 117 Å². The Kier molecular flexibility index (Phi) is 13.1. The molecule has 300 valence electrons. The summed E-state index contributed by atoms with van der Waals surface area (Å²) in [6.07, 6.45) is 2.56. The minimum Gasteiger partial charge on any atom is -0.496 e. The Morgan fingerprint density at radius 1 is 0.927 bits per heavy atom. The Hall–Kier alpha value is -4.36. The number of aliphatic carboxylic acids is 1. The van der Waals surface area contributed by atoms with E-state index in [1.165, 1.54) is 31.2 Å². The van der Waals surface area contributed by atoms with Gasteiger partial charge < -0.3 is 24.2 Å². The minimum absolute atomic E-state index is 0.186. The summed E-state index contributed by atoms with van der Waals surface area (Å²) >= 11 is 0. The third kappa shape index (κ3) is 9.04. The molecule has 0 radical (unpaired) electrons. The Bertz CT molecular complexity index is 1830. The van der Waals surface area contributed by atoms with Crippen molar-refractivity contribution in [3.63, 3.8) is 0 Å². The summed E-state index contributed by atoms with van der Waals surface area (Å²) in [7, 11) is 4.33. The van der Waals surface area contributed by atoms with Gasteiger partial charge in [-0.3, -0.25) is 14.6 Å². The second-order valence-corrected chi connectivity index (χ2v) is 15.0. The van der Waals surface area contributed by atoms with Gasteiger partial charge in [-0.1, -0.05) is 49.4 Å². The molecule has 2 aliphatic heterocycles. The number of likely N-dealkylation sites (N-methyl/N-ethyl adjacent to an activating group) is 1. The summed E-state index contributed by atoms with van der Waals surface area (Å²) < 4.78 is 77.6. The fourth-order valence-corrected chi connectivity index (χ4v) is 8.12. The van der Waals surface area contributed by atoms with Crippen LogP contribution in [0, 0.1) is 5.41 Å². The van der Waals surface area contributed by atoms with Gasteiger partial charge in [0.05, 0.1) is 26.3 Å². The maximum absolute atomic E-state index is 16.1. The molecule has 0 saturated carbocycles. The van der Waals surface area contributed by atoms with Crippen molar-refractivity contribution in [1.82, 2.24) is 14.7 Å². The molecule has 0 spiro atoms. The maximum atomic E-state index is 16.1. The predicted molar refractivity (Wildman–Crippen MR) is 205 cm³/mol. The molecular formula is C42H53F4N3O6. The number of carboxylic acids is 1. The third-order valence-electron chi connectivity index (χ3n) is 11.1. The van der Waals surface area contributed by atoms with Crippen LogP contribution in [0.5, 0.6) is 17.2 Å². The molecule has 2 saturated heterocycles. The highest BCUT2D eigenvalue weighted by atomic mass is 19.3. The summed E-state index contributed by atoms with van der Waals surface area (Å²) in [4.78, 5) is 31.7. The van der Waals surface area contributed by atoms with E-state index in [0.29, 0.717) is 40.4 Å². The highest BCUT2D eigenvalue weighted by Gasteiger charge is 2.61. The largest absolute Gasteiger partial charge is 0.496 e. The number of fused-ring (bicyclic) bond motifs is 1. The second kappa shape index (κ2) is 17.2. The fourth-order valence-electron chi connectivity index (χ4n) is 8.12. The van der Waals surface area contributed by atoms with Gasteiger partial charge in [-0.2, -0.15) is 0 Å². The van der Waals surface area contributed by atoms with Crippen LogP contribution >= 0.6 is 0 Å². The Labute approximate surface area is 320 Å². The number of benzene rings is 3. The van der Waals surface area contributed by atoms with E-state index in [9.17, 15) is 23.5 Å². The van der Waals surface area contributed by atoms with Crippen LogP contribution in [0.25, 0.3) is 21.9 Å². The number of piperidine rings is 2. The van der Waals surface area contributed by atoms with E-state index in [0.717, 1.165) is 49.3 Å². The molecule has 3 aromatic carbocycles. The number of likely N-dealkylation sites (tertiary alicyclic amines) is 2. The van der Waals surface area contributed by atoms with Gasteiger partial charge in [0.15, 0.2) is 0 Å². The van der Waals surface area contributed by atoms with Crippen molar-refractivity contribution in [3.05, 3.63) is 66.2 Å². The second-order valence-electron chi connectivity index (χ2n) is 15.0. The number of halogens is 4. The zero-order valence-corrected chi connectivity index (χ0v) is 32.4. The van der Waals surface area contributed by atoms with Gasteiger partial charge in [0.25, 0.3) is 11.8 Å². The Morgan fingerprint density at radius 3 is 2.09 bits per heavy atom. The third-order valence-corrected chi connectivity index (χ3v) is 11.1. The quantitative estimate of drug-likeness (QED) is 0.117. The lowest BCUT2D eigenvalue weighted by molar-refractivity contribution is -0.178. The molecule has 3 aromatic rings. The number of alkyl halides is 4. The van der Waals surface area contributed by atoms with E-state index in [4.69, 9.17) is 14.2 Å². The zero-order chi connectivity index (χ0) is 40.1. The van der Waals surface area contributed by atoms with E-state index < -0.39 is 60.1 Å². The molecule has 2 aliphatic rings. The number of rotatable bonds is 16. The van der Waals surface area contributed by atoms with Gasteiger partial charge in [0.2, 0.25) is 5.91 Å². The van der Waals surface area contributed by atoms with Crippen molar-refractivity contribution in [2.45, 2.75) is 70.3 Å². The number of methoxy groups -OCH3 is 2. The zero-order valence-electron chi connectivity index (χ0n) is 32.4. The van der Waals surface area contributed by atoms with Gasteiger partial charge in [0.1, 0.15) is 35.3 Å². The number of allylic oxidation sites excluding steroid dienone is 1. The van der Waals surface area contributed by atoms with Crippen LogP contribution in [0.4, 0.5) is 17.6 Å². The summed E-state index contributed by atoms with van der Waals surface area (Å²) in [6, 6.07) is 13.1. The molecule has 0 aliphatic carbocycles. The molecule has 5 rings (SSSR count). The molecule has 9 nitrogen and oxygen atoms in total. The molecule has 1 N–H and O–H groups in total. The molecule has 13 heteroatoms. The lowest BCUT2D eigenvalue weighted by Crippen LogP contribution is -2.61. The van der Waals surface area contributed by atoms with Crippen molar-refractivity contribution in [2.75, 3.05) is 67.1 Å². The normalized spacial score (nSPS) is 17.4. The molecule has 1 amide bonds. The number of amides is 1. The first-order valence-electron chi connectivity index (χ1n) is 18.8. The van der Waals surface area contributed by atoms with Gasteiger partial charge >= 0.3 is 5.97 Å². The number of carbonyl (C=O) groups is 2. The molecule has 2 fully saturated rings. The van der Waals surface area contributed by atoms with Crippen LogP contribution in [0.1, 0.15) is 51.5 Å². The summed E-state index contributed by atoms with van der Waals surface area (Å²) in [5.74, 6) is -7.60. The molecule has 0 unspecified atom stereocenters. The first kappa shape index (κ1) is 41.8. The van der Waals surface area contributed by atoms with Gasteiger partial charge in [-0.25, -0.2) is 22.4 Å². The SMILES string of the molecule is C=C(C)C(F)(F)C1(C(=O)N(C)[C@@H](Cc2cccc3c(-c4c(OC)cc(OCCN5CCCCC5)cc4OC)cccc23)C(=O)O)CCN(CC(C)(F)F)CC1. The minimum atomic E-state index is -3.72. The van der Waals surface area contributed by atoms with E-state index in [1.807, 2.05) is 36.4 Å². The van der Waals surface area contributed by atoms with Crippen LogP contribution < -0.4 is 14.2 Å². The van der Waals surface area contributed by atoms with E-state index in [-0.39, 0.29) is 19.5 Å². The molecule has 0 bridgehead atoms. The van der Waals surface area contributed by atoms with Crippen LogP contribution in [0.2, 0.25) is 0 Å². The smallest absolute Gasteiger partial charge is 0.326 e. The van der Waals surface area contributed by atoms with Gasteiger partial charge in [0, 0.05) is 39.1 Å². The Balaban J connectivity index is 1.45. The standard InChI is InChI=1S/C42H53F4N3O6/c1-28(2)42(45,46)41(16-20-49(21-17-41)27-40(3,43)44)39(52)47(4)34(38(50)51)24-29-12-10-14-32-31(29)13-11-15-33(32)37-35(53-5)25-30(26-36(37)54-6)55-23-22-48-18-8-7-9-19-48/h10-15,25-26,34H,1,7-9,16-24,27H2,2-6H3,(H,50,51)/t34-/m0/s1. The van der Waals surface area contributed by atoms with Crippen molar-refractivity contribution >= 4 is 22.6 Å². The highest BCUT2D eigenvalue weighted by molar-refractivity contribution is 6.01. The predicted octanol–water partition coefficient (Wildman–Crippen LogP) is 7.79. The van der Waals surface area contributed by atoms with E-state index in [1.54, 1.807) is 26.4 Å². The van der Waals surface area contributed by atoms with E-state index >= 15 is 8.78 Å². The molecule has 55 heavy (non-hydrogen) atoms. The number of nitrogens with zero attached hydrogens (tertiary/aromatic N) is 3. The van der Waals surface area contributed by atoms with Gasteiger partial charge in [-0.15, -0.1) is 0 Å².